The Labute approximate surface area is 110 Å². The Morgan fingerprint density at radius 1 is 1.42 bits per heavy atom. The van der Waals surface area contributed by atoms with Crippen LogP contribution in [0, 0.1) is 5.92 Å². The van der Waals surface area contributed by atoms with Crippen LogP contribution in [0.25, 0.3) is 0 Å². The molecule has 0 aliphatic heterocycles. The van der Waals surface area contributed by atoms with Gasteiger partial charge in [0.2, 0.25) is 0 Å². The number of rotatable bonds is 5. The Balaban J connectivity index is 2.34. The van der Waals surface area contributed by atoms with E-state index in [9.17, 15) is 4.79 Å². The minimum Gasteiger partial charge on any atom is -0.476 e. The highest BCUT2D eigenvalue weighted by Crippen LogP contribution is 2.13. The summed E-state index contributed by atoms with van der Waals surface area (Å²) in [6.45, 7) is 4.40. The molecule has 2 aromatic heterocycles. The van der Waals surface area contributed by atoms with Gasteiger partial charge in [-0.15, -0.1) is 15.3 Å². The predicted octanol–water partition coefficient (Wildman–Crippen LogP) is 0.352. The van der Waals surface area contributed by atoms with Gasteiger partial charge < -0.3 is 9.67 Å². The van der Waals surface area contributed by atoms with Crippen molar-refractivity contribution >= 4 is 5.97 Å². The molecule has 2 aromatic rings. The maximum Gasteiger partial charge on any atom is 0.358 e. The van der Waals surface area contributed by atoms with E-state index in [2.05, 4.69) is 20.5 Å². The van der Waals surface area contributed by atoms with Crippen LogP contribution < -0.4 is 0 Å². The van der Waals surface area contributed by atoms with Crippen LogP contribution in [-0.4, -0.2) is 40.8 Å². The second-order valence-electron chi connectivity index (χ2n) is 4.80. The maximum absolute atomic E-state index is 11.1. The van der Waals surface area contributed by atoms with Gasteiger partial charge in [-0.1, -0.05) is 19.1 Å². The second-order valence-corrected chi connectivity index (χ2v) is 4.80. The molecular weight excluding hydrogens is 248 g/mol. The Bertz CT molecular complexity index is 586. The Kier molecular flexibility index (Phi) is 3.59. The third-order valence-electron chi connectivity index (χ3n) is 2.74. The molecule has 0 spiro atoms. The van der Waals surface area contributed by atoms with Gasteiger partial charge in [-0.25, -0.2) is 9.48 Å². The fourth-order valence-electron chi connectivity index (χ4n) is 1.80. The van der Waals surface area contributed by atoms with Crippen LogP contribution in [0.5, 0.6) is 0 Å². The van der Waals surface area contributed by atoms with Crippen LogP contribution in [0.2, 0.25) is 0 Å². The van der Waals surface area contributed by atoms with Gasteiger partial charge in [-0.05, 0) is 12.3 Å². The van der Waals surface area contributed by atoms with Crippen molar-refractivity contribution in [2.24, 2.45) is 13.0 Å². The van der Waals surface area contributed by atoms with Crippen LogP contribution in [0.1, 0.15) is 35.9 Å². The van der Waals surface area contributed by atoms with Gasteiger partial charge in [0, 0.05) is 7.05 Å². The van der Waals surface area contributed by atoms with E-state index < -0.39 is 5.97 Å². The number of carboxylic acid groups (broad SMARTS) is 1. The maximum atomic E-state index is 11.1. The van der Waals surface area contributed by atoms with Crippen LogP contribution in [0.3, 0.4) is 0 Å². The SMILES string of the molecule is CC(C)Cc1c(C(=O)O)nnn1Cc1nncn1C. The molecule has 0 aliphatic rings. The van der Waals surface area contributed by atoms with Crippen LogP contribution in [-0.2, 0) is 20.0 Å². The molecule has 2 rings (SSSR count). The lowest BCUT2D eigenvalue weighted by atomic mass is 10.1. The van der Waals surface area contributed by atoms with Crippen molar-refractivity contribution in [1.82, 2.24) is 29.8 Å². The third-order valence-corrected chi connectivity index (χ3v) is 2.74. The molecule has 0 radical (unpaired) electrons. The average molecular weight is 264 g/mol. The number of aromatic carboxylic acids is 1. The van der Waals surface area contributed by atoms with Gasteiger partial charge in [0.05, 0.1) is 5.69 Å². The predicted molar refractivity (Wildman–Crippen MR) is 65.6 cm³/mol. The molecule has 1 N–H and O–H groups in total. The highest BCUT2D eigenvalue weighted by Gasteiger charge is 2.20. The summed E-state index contributed by atoms with van der Waals surface area (Å²) < 4.78 is 3.34. The first-order valence-electron chi connectivity index (χ1n) is 5.97. The third kappa shape index (κ3) is 2.78. The number of aromatic nitrogens is 6. The number of carboxylic acids is 1. The molecule has 0 unspecified atom stereocenters. The normalized spacial score (nSPS) is 11.2. The molecule has 0 amide bonds. The van der Waals surface area contributed by atoms with E-state index in [1.807, 2.05) is 20.9 Å². The lowest BCUT2D eigenvalue weighted by Gasteiger charge is -2.08. The summed E-state index contributed by atoms with van der Waals surface area (Å²) in [7, 11) is 1.83. The van der Waals surface area contributed by atoms with Crippen molar-refractivity contribution in [3.05, 3.63) is 23.5 Å². The van der Waals surface area contributed by atoms with Crippen molar-refractivity contribution in [3.63, 3.8) is 0 Å². The van der Waals surface area contributed by atoms with Crippen LogP contribution in [0.15, 0.2) is 6.33 Å². The zero-order valence-electron chi connectivity index (χ0n) is 11.1. The quantitative estimate of drug-likeness (QED) is 0.836. The molecule has 19 heavy (non-hydrogen) atoms. The molecule has 0 saturated carbocycles. The highest BCUT2D eigenvalue weighted by molar-refractivity contribution is 5.86. The molecule has 8 heteroatoms. The summed E-state index contributed by atoms with van der Waals surface area (Å²) in [6, 6.07) is 0. The van der Waals surface area contributed by atoms with Gasteiger partial charge in [0.25, 0.3) is 0 Å². The Morgan fingerprint density at radius 3 is 2.68 bits per heavy atom. The molecular formula is C11H16N6O2. The molecule has 102 valence electrons. The molecule has 8 nitrogen and oxygen atoms in total. The fourth-order valence-corrected chi connectivity index (χ4v) is 1.80. The summed E-state index contributed by atoms with van der Waals surface area (Å²) in [5, 5.41) is 24.5. The number of nitrogens with zero attached hydrogens (tertiary/aromatic N) is 6. The van der Waals surface area contributed by atoms with E-state index in [1.165, 1.54) is 0 Å². The first kappa shape index (κ1) is 13.2. The number of aryl methyl sites for hydroxylation is 1. The van der Waals surface area contributed by atoms with E-state index >= 15 is 0 Å². The number of hydrogen-bond donors (Lipinski definition) is 1. The van der Waals surface area contributed by atoms with E-state index in [0.717, 1.165) is 0 Å². The van der Waals surface area contributed by atoms with E-state index in [-0.39, 0.29) is 5.69 Å². The molecule has 2 heterocycles. The molecule has 0 fully saturated rings. The smallest absolute Gasteiger partial charge is 0.358 e. The molecule has 0 aliphatic carbocycles. The number of carbonyl (C=O) groups is 1. The van der Waals surface area contributed by atoms with Crippen molar-refractivity contribution in [3.8, 4) is 0 Å². The summed E-state index contributed by atoms with van der Waals surface area (Å²) >= 11 is 0. The zero-order chi connectivity index (χ0) is 14.0. The topological polar surface area (TPSA) is 98.7 Å². The van der Waals surface area contributed by atoms with Crippen molar-refractivity contribution in [2.45, 2.75) is 26.8 Å². The first-order valence-corrected chi connectivity index (χ1v) is 5.97. The monoisotopic (exact) mass is 264 g/mol. The highest BCUT2D eigenvalue weighted by atomic mass is 16.4. The van der Waals surface area contributed by atoms with E-state index in [1.54, 1.807) is 15.6 Å². The van der Waals surface area contributed by atoms with Gasteiger partial charge in [0.15, 0.2) is 11.5 Å². The summed E-state index contributed by atoms with van der Waals surface area (Å²) in [4.78, 5) is 11.1. The number of hydrogen-bond acceptors (Lipinski definition) is 5. The second kappa shape index (κ2) is 5.17. The van der Waals surface area contributed by atoms with Gasteiger partial charge >= 0.3 is 5.97 Å². The van der Waals surface area contributed by atoms with Crippen LogP contribution in [0.4, 0.5) is 0 Å². The van der Waals surface area contributed by atoms with E-state index in [0.29, 0.717) is 30.4 Å². The minimum absolute atomic E-state index is 0.0101. The minimum atomic E-state index is -1.06. The summed E-state index contributed by atoms with van der Waals surface area (Å²) in [6.07, 6.45) is 2.19. The van der Waals surface area contributed by atoms with Crippen molar-refractivity contribution in [1.29, 1.82) is 0 Å². The van der Waals surface area contributed by atoms with Gasteiger partial charge in [-0.3, -0.25) is 0 Å². The Hall–Kier alpha value is -2.25. The van der Waals surface area contributed by atoms with Gasteiger partial charge in [-0.2, -0.15) is 0 Å². The lowest BCUT2D eigenvalue weighted by Crippen LogP contribution is -2.14. The largest absolute Gasteiger partial charge is 0.476 e. The average Bonchev–Trinajstić information content (AvgIpc) is 2.87. The van der Waals surface area contributed by atoms with Crippen LogP contribution >= 0.6 is 0 Å². The fraction of sp³-hybridized carbons (Fsp3) is 0.545. The van der Waals surface area contributed by atoms with Crippen molar-refractivity contribution < 1.29 is 9.90 Å². The molecule has 0 saturated heterocycles. The first-order chi connectivity index (χ1) is 8.99. The lowest BCUT2D eigenvalue weighted by molar-refractivity contribution is 0.0689. The Morgan fingerprint density at radius 2 is 2.16 bits per heavy atom. The van der Waals surface area contributed by atoms with Gasteiger partial charge in [0.1, 0.15) is 12.9 Å². The summed E-state index contributed by atoms with van der Waals surface area (Å²) in [5.41, 5.74) is 0.626. The summed E-state index contributed by atoms with van der Waals surface area (Å²) in [5.74, 6) is -0.0402. The zero-order valence-corrected chi connectivity index (χ0v) is 11.1. The van der Waals surface area contributed by atoms with Crippen molar-refractivity contribution in [2.75, 3.05) is 0 Å². The van der Waals surface area contributed by atoms with E-state index in [4.69, 9.17) is 5.11 Å². The molecule has 0 bridgehead atoms. The molecule has 0 aromatic carbocycles. The molecule has 0 atom stereocenters. The standard InChI is InChI=1S/C11H16N6O2/c1-7(2)4-8-10(11(18)19)14-15-17(8)5-9-13-12-6-16(9)3/h6-7H,4-5H2,1-3H3,(H,18,19).